The molecule has 0 aliphatic rings. The zero-order chi connectivity index (χ0) is 26.5. The quantitative estimate of drug-likeness (QED) is 0.102. The Kier molecular flexibility index (Phi) is 16.4. The number of hydrogen-bond donors (Lipinski definition) is 0. The highest BCUT2D eigenvalue weighted by Crippen LogP contribution is 2.30. The van der Waals surface area contributed by atoms with Crippen molar-refractivity contribution < 1.29 is 21.2 Å². The van der Waals surface area contributed by atoms with Crippen LogP contribution in [0.1, 0.15) is 65.2 Å². The molecule has 0 aromatic rings. The van der Waals surface area contributed by atoms with Gasteiger partial charge in [-0.25, -0.2) is 0 Å². The Balaban J connectivity index is 4.51. The Morgan fingerprint density at radius 1 is 0.412 bits per heavy atom. The van der Waals surface area contributed by atoms with Gasteiger partial charge in [-0.3, -0.25) is 0 Å². The molecule has 0 fully saturated rings. The molecule has 0 unspecified atom stereocenters. The van der Waals surface area contributed by atoms with E-state index in [1.807, 2.05) is 0 Å². The third-order valence-electron chi connectivity index (χ3n) is 5.15. The average Bonchev–Trinajstić information content (AvgIpc) is 2.59. The molecule has 0 rings (SSSR count). The molecule has 0 saturated heterocycles. The number of hydrogen-bond acceptors (Lipinski definition) is 5. The van der Waals surface area contributed by atoms with Crippen LogP contribution in [0.15, 0.2) is 0 Å². The fourth-order valence-corrected chi connectivity index (χ4v) is 21.5. The largest absolute Gasteiger partial charge is 0.469 e. The normalized spacial score (nSPS) is 14.1. The predicted octanol–water partition coefficient (Wildman–Crippen LogP) is 8.75. The molecule has 0 radical (unpaired) electrons. The summed E-state index contributed by atoms with van der Waals surface area (Å²) in [4.78, 5) is 0. The topological polar surface area (TPSA) is 46.2 Å². The minimum Gasteiger partial charge on any atom is -0.417 e. The van der Waals surface area contributed by atoms with Gasteiger partial charge in [0.25, 0.3) is 0 Å². The molecular weight excluding hydrogens is 509 g/mol. The first-order valence-electron chi connectivity index (χ1n) is 13.8. The van der Waals surface area contributed by atoms with E-state index >= 15 is 0 Å². The highest BCUT2D eigenvalue weighted by molar-refractivity contribution is 6.90. The summed E-state index contributed by atoms with van der Waals surface area (Å²) < 4.78 is 32.3. The lowest BCUT2D eigenvalue weighted by atomic mass is 10.1. The fourth-order valence-electron chi connectivity index (χ4n) is 4.26. The van der Waals surface area contributed by atoms with Gasteiger partial charge < -0.3 is 21.2 Å². The lowest BCUT2D eigenvalue weighted by Crippen LogP contribution is -2.60. The van der Waals surface area contributed by atoms with Gasteiger partial charge in [-0.2, -0.15) is 0 Å². The predicted molar refractivity (Wildman–Crippen MR) is 160 cm³/mol. The van der Waals surface area contributed by atoms with E-state index in [4.69, 9.17) is 21.2 Å². The van der Waals surface area contributed by atoms with Crippen LogP contribution in [0, 0.1) is 0 Å². The van der Waals surface area contributed by atoms with E-state index in [9.17, 15) is 0 Å². The molecule has 0 amide bonds. The smallest absolute Gasteiger partial charge is 0.417 e. The van der Waals surface area contributed by atoms with Crippen molar-refractivity contribution in [1.82, 2.24) is 0 Å². The molecule has 206 valence electrons. The summed E-state index contributed by atoms with van der Waals surface area (Å²) in [6, 6.07) is 2.09. The van der Waals surface area contributed by atoms with Gasteiger partial charge in [0.1, 0.15) is 0 Å². The van der Waals surface area contributed by atoms with E-state index in [0.717, 1.165) is 31.7 Å². The van der Waals surface area contributed by atoms with Crippen LogP contribution in [-0.2, 0) is 21.2 Å². The Morgan fingerprint density at radius 3 is 1.00 bits per heavy atom. The first-order chi connectivity index (χ1) is 15.4. The van der Waals surface area contributed by atoms with Crippen molar-refractivity contribution >= 4 is 42.3 Å². The lowest BCUT2D eigenvalue weighted by Gasteiger charge is -2.43. The minimum atomic E-state index is -2.65. The molecule has 0 atom stereocenters. The third kappa shape index (κ3) is 19.1. The van der Waals surface area contributed by atoms with Crippen molar-refractivity contribution in [3.63, 3.8) is 0 Å². The third-order valence-corrected chi connectivity index (χ3v) is 20.3. The summed E-state index contributed by atoms with van der Waals surface area (Å²) in [5, 5.41) is 0. The summed E-state index contributed by atoms with van der Waals surface area (Å²) >= 11 is 0. The maximum atomic E-state index is 6.80. The van der Waals surface area contributed by atoms with Crippen molar-refractivity contribution in [3.05, 3.63) is 0 Å². The highest BCUT2D eigenvalue weighted by Gasteiger charge is 2.49. The van der Waals surface area contributed by atoms with Crippen LogP contribution in [-0.4, -0.2) is 55.5 Å². The first-order valence-corrected chi connectivity index (χ1v) is 28.5. The van der Waals surface area contributed by atoms with Gasteiger partial charge in [0.15, 0.2) is 25.0 Å². The van der Waals surface area contributed by atoms with Gasteiger partial charge in [-0.1, -0.05) is 44.9 Å². The summed E-state index contributed by atoms with van der Waals surface area (Å²) in [6.07, 6.45) is 10.2. The van der Waals surface area contributed by atoms with E-state index < -0.39 is 42.3 Å². The van der Waals surface area contributed by atoms with Crippen LogP contribution in [0.2, 0.25) is 77.6 Å². The summed E-state index contributed by atoms with van der Waals surface area (Å²) in [7, 11) is -9.89. The molecule has 0 N–H and O–H groups in total. The lowest BCUT2D eigenvalue weighted by molar-refractivity contribution is 0.188. The molecule has 0 aromatic heterocycles. The maximum absolute atomic E-state index is 6.80. The monoisotopic (exact) mass is 568 g/mol. The van der Waals surface area contributed by atoms with Crippen molar-refractivity contribution in [1.29, 1.82) is 0 Å². The SMILES string of the molecule is CCO[Si](C)(CCCCCCCCCC[Si](O[Si](C)(C)C)(O[Si](C)(C)C)O[Si](C)(C)C)OCC. The molecule has 0 heterocycles. The van der Waals surface area contributed by atoms with Gasteiger partial charge in [-0.05, 0) is 91.8 Å². The van der Waals surface area contributed by atoms with Crippen molar-refractivity contribution in [2.24, 2.45) is 0 Å². The van der Waals surface area contributed by atoms with Crippen LogP contribution in [0.3, 0.4) is 0 Å². The number of unbranched alkanes of at least 4 members (excludes halogenated alkanes) is 7. The van der Waals surface area contributed by atoms with E-state index in [1.54, 1.807) is 0 Å². The van der Waals surface area contributed by atoms with Crippen molar-refractivity contribution in [3.8, 4) is 0 Å². The second kappa shape index (κ2) is 16.0. The molecule has 34 heavy (non-hydrogen) atoms. The van der Waals surface area contributed by atoms with Gasteiger partial charge in [-0.15, -0.1) is 0 Å². The Labute approximate surface area is 219 Å². The van der Waals surface area contributed by atoms with Gasteiger partial charge in [0, 0.05) is 19.3 Å². The van der Waals surface area contributed by atoms with E-state index in [1.165, 1.54) is 44.9 Å². The van der Waals surface area contributed by atoms with E-state index in [0.29, 0.717) is 0 Å². The zero-order valence-corrected chi connectivity index (χ0v) is 30.0. The molecule has 0 bridgehead atoms. The second-order valence-electron chi connectivity index (χ2n) is 12.7. The Bertz CT molecular complexity index is 483. The van der Waals surface area contributed by atoms with Crippen molar-refractivity contribution in [2.45, 2.75) is 143 Å². The molecule has 0 saturated carbocycles. The fraction of sp³-hybridized carbons (Fsp3) is 1.00. The van der Waals surface area contributed by atoms with Crippen LogP contribution in [0.25, 0.3) is 0 Å². The minimum absolute atomic E-state index is 0.766. The summed E-state index contributed by atoms with van der Waals surface area (Å²) in [6.45, 7) is 28.3. The van der Waals surface area contributed by atoms with E-state index in [-0.39, 0.29) is 0 Å². The van der Waals surface area contributed by atoms with E-state index in [2.05, 4.69) is 79.3 Å². The molecule has 5 nitrogen and oxygen atoms in total. The second-order valence-corrected chi connectivity index (χ2v) is 33.0. The molecule has 0 spiro atoms. The zero-order valence-electron chi connectivity index (χ0n) is 25.0. The van der Waals surface area contributed by atoms with Crippen LogP contribution in [0.4, 0.5) is 0 Å². The summed E-state index contributed by atoms with van der Waals surface area (Å²) in [5.74, 6) is 0. The standard InChI is InChI=1S/C24H60O5Si5/c1-13-25-33(12,26-14-2)23-21-19-17-15-16-18-20-22-24-34(27-30(3,4)5,28-31(6,7)8)29-32(9,10)11/h13-24H2,1-12H3. The van der Waals surface area contributed by atoms with Crippen LogP contribution in [0.5, 0.6) is 0 Å². The molecule has 0 aliphatic carbocycles. The number of rotatable bonds is 21. The van der Waals surface area contributed by atoms with Crippen molar-refractivity contribution in [2.75, 3.05) is 13.2 Å². The Hall–Kier alpha value is 0.884. The van der Waals surface area contributed by atoms with Crippen LogP contribution < -0.4 is 0 Å². The average molecular weight is 569 g/mol. The van der Waals surface area contributed by atoms with Crippen LogP contribution >= 0.6 is 0 Å². The van der Waals surface area contributed by atoms with Gasteiger partial charge in [0.05, 0.1) is 0 Å². The molecule has 10 heteroatoms. The highest BCUT2D eigenvalue weighted by atomic mass is 28.5. The first kappa shape index (κ1) is 34.9. The molecule has 0 aliphatic heterocycles. The van der Waals surface area contributed by atoms with Gasteiger partial charge >= 0.3 is 17.4 Å². The van der Waals surface area contributed by atoms with Gasteiger partial charge in [0.2, 0.25) is 0 Å². The summed E-state index contributed by atoms with van der Waals surface area (Å²) in [5.41, 5.74) is 0. The maximum Gasteiger partial charge on any atom is 0.469 e. The molecular formula is C24H60O5Si5. The Morgan fingerprint density at radius 2 is 0.706 bits per heavy atom. The molecule has 0 aromatic carbocycles.